The van der Waals surface area contributed by atoms with Gasteiger partial charge in [0.2, 0.25) is 0 Å². The minimum Gasteiger partial charge on any atom is -0.372 e. The van der Waals surface area contributed by atoms with Crippen LogP contribution < -0.4 is 5.56 Å². The number of nitrogens with zero attached hydrogens (tertiary/aromatic N) is 1. The number of ether oxygens (including phenoxy) is 1. The molecule has 4 nitrogen and oxygen atoms in total. The molecule has 0 aromatic carbocycles. The lowest BCUT2D eigenvalue weighted by molar-refractivity contribution is -0.173. The van der Waals surface area contributed by atoms with E-state index < -0.39 is 12.8 Å². The Bertz CT molecular complexity index is 405. The molecule has 0 aliphatic heterocycles. The standard InChI is InChI=1S/C8H8BrF3N2O2/c9-5-3-13-6(14-7(5)15)1-2-16-4-8(10,11)12/h3H,1-2,4H2,(H,13,14,15). The zero-order valence-electron chi connectivity index (χ0n) is 7.97. The van der Waals surface area contributed by atoms with Crippen molar-refractivity contribution in [2.75, 3.05) is 13.2 Å². The molecule has 90 valence electrons. The molecular weight excluding hydrogens is 293 g/mol. The molecule has 1 N–H and O–H groups in total. The van der Waals surface area contributed by atoms with Gasteiger partial charge in [-0.3, -0.25) is 4.79 Å². The zero-order chi connectivity index (χ0) is 12.2. The molecule has 0 saturated heterocycles. The van der Waals surface area contributed by atoms with E-state index in [4.69, 9.17) is 0 Å². The normalized spacial score (nSPS) is 11.8. The van der Waals surface area contributed by atoms with Crippen LogP contribution >= 0.6 is 15.9 Å². The average molecular weight is 301 g/mol. The molecule has 0 bridgehead atoms. The molecule has 16 heavy (non-hydrogen) atoms. The van der Waals surface area contributed by atoms with Gasteiger partial charge in [0.05, 0.1) is 6.61 Å². The maximum absolute atomic E-state index is 11.7. The summed E-state index contributed by atoms with van der Waals surface area (Å²) in [5.41, 5.74) is -0.374. The van der Waals surface area contributed by atoms with Gasteiger partial charge in [0.15, 0.2) is 0 Å². The van der Waals surface area contributed by atoms with Gasteiger partial charge < -0.3 is 9.72 Å². The Morgan fingerprint density at radius 2 is 2.19 bits per heavy atom. The highest BCUT2D eigenvalue weighted by Crippen LogP contribution is 2.14. The highest BCUT2D eigenvalue weighted by atomic mass is 79.9. The number of hydrogen-bond acceptors (Lipinski definition) is 3. The first-order chi connectivity index (χ1) is 7.38. The summed E-state index contributed by atoms with van der Waals surface area (Å²) in [6, 6.07) is 0. The van der Waals surface area contributed by atoms with Crippen LogP contribution in [0.3, 0.4) is 0 Å². The van der Waals surface area contributed by atoms with Crippen LogP contribution in [0.25, 0.3) is 0 Å². The number of halogens is 4. The average Bonchev–Trinajstić information content (AvgIpc) is 2.17. The SMILES string of the molecule is O=c1[nH]c(CCOCC(F)(F)F)ncc1Br. The second kappa shape index (κ2) is 5.44. The summed E-state index contributed by atoms with van der Waals surface area (Å²) >= 11 is 2.95. The van der Waals surface area contributed by atoms with E-state index in [0.29, 0.717) is 0 Å². The molecule has 8 heteroatoms. The summed E-state index contributed by atoms with van der Waals surface area (Å²) in [5, 5.41) is 0. The van der Waals surface area contributed by atoms with Gasteiger partial charge in [-0.2, -0.15) is 13.2 Å². The molecule has 0 radical (unpaired) electrons. The highest BCUT2D eigenvalue weighted by molar-refractivity contribution is 9.10. The Kier molecular flexibility index (Phi) is 4.48. The third-order valence-corrected chi connectivity index (χ3v) is 2.12. The van der Waals surface area contributed by atoms with Crippen molar-refractivity contribution in [3.8, 4) is 0 Å². The lowest BCUT2D eigenvalue weighted by atomic mass is 10.4. The van der Waals surface area contributed by atoms with Crippen molar-refractivity contribution >= 4 is 15.9 Å². The molecule has 0 aliphatic rings. The summed E-state index contributed by atoms with van der Waals surface area (Å²) in [4.78, 5) is 17.3. The van der Waals surface area contributed by atoms with Gasteiger partial charge in [-0.25, -0.2) is 4.98 Å². The maximum Gasteiger partial charge on any atom is 0.411 e. The summed E-state index contributed by atoms with van der Waals surface area (Å²) in [7, 11) is 0. The number of hydrogen-bond donors (Lipinski definition) is 1. The predicted octanol–water partition coefficient (Wildman–Crippen LogP) is 1.65. The largest absolute Gasteiger partial charge is 0.411 e. The molecule has 1 rings (SSSR count). The lowest BCUT2D eigenvalue weighted by Gasteiger charge is -2.06. The maximum atomic E-state index is 11.7. The minimum absolute atomic E-state index is 0.124. The first-order valence-electron chi connectivity index (χ1n) is 4.26. The summed E-state index contributed by atoms with van der Waals surface area (Å²) in [5.74, 6) is 0.287. The van der Waals surface area contributed by atoms with Crippen LogP contribution in [0.2, 0.25) is 0 Å². The molecule has 0 saturated carbocycles. The van der Waals surface area contributed by atoms with Crippen LogP contribution in [0.15, 0.2) is 15.5 Å². The predicted molar refractivity (Wildman–Crippen MR) is 53.1 cm³/mol. The molecule has 0 spiro atoms. The molecule has 1 aromatic heterocycles. The Labute approximate surface area is 97.0 Å². The van der Waals surface area contributed by atoms with E-state index in [1.54, 1.807) is 0 Å². The summed E-state index contributed by atoms with van der Waals surface area (Å²) in [6.07, 6.45) is -2.92. The monoisotopic (exact) mass is 300 g/mol. The molecule has 0 amide bonds. The van der Waals surface area contributed by atoms with Gasteiger partial charge in [0.25, 0.3) is 5.56 Å². The number of rotatable bonds is 4. The van der Waals surface area contributed by atoms with E-state index in [9.17, 15) is 18.0 Å². The first kappa shape index (κ1) is 13.2. The topological polar surface area (TPSA) is 55.0 Å². The number of nitrogens with one attached hydrogen (secondary N) is 1. The van der Waals surface area contributed by atoms with E-state index in [-0.39, 0.29) is 28.9 Å². The van der Waals surface area contributed by atoms with E-state index in [1.807, 2.05) is 0 Å². The van der Waals surface area contributed by atoms with Gasteiger partial charge in [0, 0.05) is 12.6 Å². The van der Waals surface area contributed by atoms with Crippen LogP contribution in [-0.4, -0.2) is 29.4 Å². The fourth-order valence-electron chi connectivity index (χ4n) is 0.900. The number of H-pyrrole nitrogens is 1. The van der Waals surface area contributed by atoms with Crippen molar-refractivity contribution in [2.45, 2.75) is 12.6 Å². The number of aromatic amines is 1. The zero-order valence-corrected chi connectivity index (χ0v) is 9.56. The lowest BCUT2D eigenvalue weighted by Crippen LogP contribution is -2.19. The first-order valence-corrected chi connectivity index (χ1v) is 5.06. The molecule has 0 fully saturated rings. The minimum atomic E-state index is -4.33. The van der Waals surface area contributed by atoms with Gasteiger partial charge in [-0.15, -0.1) is 0 Å². The van der Waals surface area contributed by atoms with Crippen molar-refractivity contribution in [3.63, 3.8) is 0 Å². The molecule has 0 unspecified atom stereocenters. The molecule has 1 heterocycles. The highest BCUT2D eigenvalue weighted by Gasteiger charge is 2.27. The van der Waals surface area contributed by atoms with Crippen LogP contribution in [0, 0.1) is 0 Å². The van der Waals surface area contributed by atoms with E-state index >= 15 is 0 Å². The fraction of sp³-hybridized carbons (Fsp3) is 0.500. The van der Waals surface area contributed by atoms with Gasteiger partial charge >= 0.3 is 6.18 Å². The van der Waals surface area contributed by atoms with Crippen LogP contribution in [0.4, 0.5) is 13.2 Å². The van der Waals surface area contributed by atoms with E-state index in [0.717, 1.165) is 0 Å². The van der Waals surface area contributed by atoms with E-state index in [2.05, 4.69) is 30.6 Å². The van der Waals surface area contributed by atoms with Gasteiger partial charge in [-0.05, 0) is 15.9 Å². The third-order valence-electron chi connectivity index (χ3n) is 1.56. The van der Waals surface area contributed by atoms with Crippen molar-refractivity contribution in [1.29, 1.82) is 0 Å². The van der Waals surface area contributed by atoms with Crippen LogP contribution in [-0.2, 0) is 11.2 Å². The number of aromatic nitrogens is 2. The fourth-order valence-corrected chi connectivity index (χ4v) is 1.10. The van der Waals surface area contributed by atoms with Gasteiger partial charge in [0.1, 0.15) is 16.9 Å². The van der Waals surface area contributed by atoms with Gasteiger partial charge in [-0.1, -0.05) is 0 Å². The Balaban J connectivity index is 2.38. The Morgan fingerprint density at radius 3 is 2.75 bits per heavy atom. The summed E-state index contributed by atoms with van der Waals surface area (Å²) < 4.78 is 39.7. The van der Waals surface area contributed by atoms with Crippen LogP contribution in [0.1, 0.15) is 5.82 Å². The molecular formula is C8H8BrF3N2O2. The second-order valence-corrected chi connectivity index (χ2v) is 3.78. The summed E-state index contributed by atoms with van der Waals surface area (Å²) in [6.45, 7) is -1.45. The quantitative estimate of drug-likeness (QED) is 0.860. The second-order valence-electron chi connectivity index (χ2n) is 2.92. The Morgan fingerprint density at radius 1 is 1.50 bits per heavy atom. The molecule has 1 aromatic rings. The van der Waals surface area contributed by atoms with E-state index in [1.165, 1.54) is 6.20 Å². The molecule has 0 aliphatic carbocycles. The smallest absolute Gasteiger partial charge is 0.372 e. The van der Waals surface area contributed by atoms with Crippen molar-refractivity contribution in [2.24, 2.45) is 0 Å². The van der Waals surface area contributed by atoms with Crippen LogP contribution in [0.5, 0.6) is 0 Å². The third kappa shape index (κ3) is 4.75. The van der Waals surface area contributed by atoms with Crippen molar-refractivity contribution in [1.82, 2.24) is 9.97 Å². The number of alkyl halides is 3. The molecule has 0 atom stereocenters. The Hall–Kier alpha value is -0.890. The van der Waals surface area contributed by atoms with Crippen molar-refractivity contribution in [3.05, 3.63) is 26.8 Å². The van der Waals surface area contributed by atoms with Crippen molar-refractivity contribution < 1.29 is 17.9 Å².